The number of carbonyl (C=O) groups is 1. The van der Waals surface area contributed by atoms with Gasteiger partial charge in [-0.25, -0.2) is 17.3 Å². The molecule has 0 atom stereocenters. The molecule has 0 aliphatic heterocycles. The highest BCUT2D eigenvalue weighted by Gasteiger charge is 2.14. The van der Waals surface area contributed by atoms with Crippen LogP contribution in [0.3, 0.4) is 0 Å². The van der Waals surface area contributed by atoms with Crippen LogP contribution in [-0.4, -0.2) is 48.0 Å². The number of carbonyl (C=O) groups excluding carboxylic acids is 1. The Kier molecular flexibility index (Phi) is 4.60. The summed E-state index contributed by atoms with van der Waals surface area (Å²) in [7, 11) is -2.00. The van der Waals surface area contributed by atoms with E-state index in [-0.39, 0.29) is 5.95 Å². The molecule has 0 spiro atoms. The summed E-state index contributed by atoms with van der Waals surface area (Å²) in [5.41, 5.74) is 1.81. The molecule has 2 heterocycles. The summed E-state index contributed by atoms with van der Waals surface area (Å²) in [4.78, 5) is 15.8. The number of aromatic nitrogens is 3. The third-order valence-electron chi connectivity index (χ3n) is 3.45. The van der Waals surface area contributed by atoms with Crippen molar-refractivity contribution < 1.29 is 22.3 Å². The van der Waals surface area contributed by atoms with Gasteiger partial charge in [-0.2, -0.15) is 4.98 Å². The van der Waals surface area contributed by atoms with E-state index < -0.39 is 27.3 Å². The lowest BCUT2D eigenvalue weighted by Crippen LogP contribution is -2.22. The summed E-state index contributed by atoms with van der Waals surface area (Å²) in [6.45, 7) is 0. The Balaban J connectivity index is 1.92. The normalized spacial score (nSPS) is 11.5. The van der Waals surface area contributed by atoms with Crippen molar-refractivity contribution in [3.05, 3.63) is 42.3 Å². The van der Waals surface area contributed by atoms with Crippen LogP contribution in [0.4, 0.5) is 10.3 Å². The number of hydrogen-bond acceptors (Lipinski definition) is 6. The monoisotopic (exact) mass is 378 g/mol. The summed E-state index contributed by atoms with van der Waals surface area (Å²) < 4.78 is 42.3. The summed E-state index contributed by atoms with van der Waals surface area (Å²) in [5, 5.41) is 6.45. The number of rotatable bonds is 5. The molecule has 0 fully saturated rings. The van der Waals surface area contributed by atoms with E-state index in [1.165, 1.54) is 23.8 Å². The van der Waals surface area contributed by atoms with E-state index in [2.05, 4.69) is 15.4 Å². The van der Waals surface area contributed by atoms with Gasteiger partial charge in [0.1, 0.15) is 17.3 Å². The number of nitrogens with one attached hydrogen (secondary N) is 1. The Morgan fingerprint density at radius 2 is 2.08 bits per heavy atom. The molecule has 0 radical (unpaired) electrons. The molecule has 8 nitrogen and oxygen atoms in total. The van der Waals surface area contributed by atoms with Gasteiger partial charge in [0, 0.05) is 29.6 Å². The summed E-state index contributed by atoms with van der Waals surface area (Å²) in [6, 6.07) is 7.60. The highest BCUT2D eigenvalue weighted by Crippen LogP contribution is 2.30. The zero-order valence-electron chi connectivity index (χ0n) is 13.9. The predicted molar refractivity (Wildman–Crippen MR) is 93.3 cm³/mol. The largest absolute Gasteiger partial charge is 0.496 e. The van der Waals surface area contributed by atoms with Crippen molar-refractivity contribution >= 4 is 27.3 Å². The van der Waals surface area contributed by atoms with Crippen LogP contribution < -0.4 is 10.1 Å². The van der Waals surface area contributed by atoms with Gasteiger partial charge in [0.2, 0.25) is 11.9 Å². The number of methoxy groups -OCH3 is 1. The third kappa shape index (κ3) is 3.97. The first-order valence-corrected chi connectivity index (χ1v) is 9.49. The molecule has 0 bridgehead atoms. The average Bonchev–Trinajstić information content (AvgIpc) is 2.93. The quantitative estimate of drug-likeness (QED) is 0.722. The van der Waals surface area contributed by atoms with Crippen LogP contribution in [0.1, 0.15) is 0 Å². The van der Waals surface area contributed by atoms with Gasteiger partial charge in [-0.3, -0.25) is 10.1 Å². The molecule has 3 rings (SSSR count). The summed E-state index contributed by atoms with van der Waals surface area (Å²) in [6.07, 6.45) is 2.61. The number of sulfone groups is 1. The van der Waals surface area contributed by atoms with Crippen molar-refractivity contribution in [1.82, 2.24) is 14.6 Å². The second-order valence-electron chi connectivity index (χ2n) is 5.62. The van der Waals surface area contributed by atoms with E-state index in [1.54, 1.807) is 24.4 Å². The van der Waals surface area contributed by atoms with Gasteiger partial charge >= 0.3 is 0 Å². The number of halogens is 1. The molecule has 2 aromatic heterocycles. The van der Waals surface area contributed by atoms with Gasteiger partial charge in [0.15, 0.2) is 15.5 Å². The van der Waals surface area contributed by atoms with Gasteiger partial charge in [-0.05, 0) is 24.3 Å². The molecule has 3 aromatic rings. The van der Waals surface area contributed by atoms with Crippen molar-refractivity contribution in [2.45, 2.75) is 0 Å². The van der Waals surface area contributed by atoms with Crippen molar-refractivity contribution in [3.63, 3.8) is 0 Å². The molecule has 0 aliphatic rings. The first kappa shape index (κ1) is 17.8. The molecule has 10 heteroatoms. The lowest BCUT2D eigenvalue weighted by Gasteiger charge is -2.08. The molecule has 1 aromatic carbocycles. The number of fused-ring (bicyclic) bond motifs is 1. The van der Waals surface area contributed by atoms with Gasteiger partial charge in [-0.1, -0.05) is 0 Å². The van der Waals surface area contributed by atoms with Crippen molar-refractivity contribution in [3.8, 4) is 16.9 Å². The van der Waals surface area contributed by atoms with E-state index >= 15 is 0 Å². The SMILES string of the molecule is COc1cc(F)ccc1-c1ccc2nc(NC(=O)CS(C)(=O)=O)nn2c1. The Morgan fingerprint density at radius 3 is 2.77 bits per heavy atom. The molecular weight excluding hydrogens is 363 g/mol. The lowest BCUT2D eigenvalue weighted by atomic mass is 10.1. The minimum Gasteiger partial charge on any atom is -0.496 e. The highest BCUT2D eigenvalue weighted by molar-refractivity contribution is 7.91. The molecule has 136 valence electrons. The number of benzene rings is 1. The Hall–Kier alpha value is -3.01. The van der Waals surface area contributed by atoms with E-state index in [1.807, 2.05) is 0 Å². The fourth-order valence-electron chi connectivity index (χ4n) is 2.40. The van der Waals surface area contributed by atoms with Gasteiger partial charge in [0.05, 0.1) is 7.11 Å². The topological polar surface area (TPSA) is 103 Å². The number of pyridine rings is 1. The Bertz CT molecular complexity index is 1090. The number of nitrogens with zero attached hydrogens (tertiary/aromatic N) is 3. The highest BCUT2D eigenvalue weighted by atomic mass is 32.2. The second-order valence-corrected chi connectivity index (χ2v) is 7.76. The van der Waals surface area contributed by atoms with E-state index in [9.17, 15) is 17.6 Å². The van der Waals surface area contributed by atoms with Gasteiger partial charge < -0.3 is 4.74 Å². The molecule has 26 heavy (non-hydrogen) atoms. The molecule has 1 N–H and O–H groups in total. The van der Waals surface area contributed by atoms with Crippen molar-refractivity contribution in [2.24, 2.45) is 0 Å². The van der Waals surface area contributed by atoms with Crippen LogP contribution in [0, 0.1) is 5.82 Å². The lowest BCUT2D eigenvalue weighted by molar-refractivity contribution is -0.113. The second kappa shape index (κ2) is 6.71. The number of hydrogen-bond donors (Lipinski definition) is 1. The van der Waals surface area contributed by atoms with Gasteiger partial charge in [-0.15, -0.1) is 5.10 Å². The maximum atomic E-state index is 13.4. The first-order chi connectivity index (χ1) is 12.2. The van der Waals surface area contributed by atoms with Crippen LogP contribution in [-0.2, 0) is 14.6 Å². The van der Waals surface area contributed by atoms with Crippen LogP contribution in [0.5, 0.6) is 5.75 Å². The van der Waals surface area contributed by atoms with Crippen LogP contribution in [0.25, 0.3) is 16.8 Å². The number of ether oxygens (including phenoxy) is 1. The molecule has 0 saturated heterocycles. The smallest absolute Gasteiger partial charge is 0.249 e. The van der Waals surface area contributed by atoms with E-state index in [0.29, 0.717) is 22.5 Å². The summed E-state index contributed by atoms with van der Waals surface area (Å²) >= 11 is 0. The fraction of sp³-hybridized carbons (Fsp3) is 0.188. The number of anilines is 1. The minimum absolute atomic E-state index is 0.0122. The van der Waals surface area contributed by atoms with Crippen molar-refractivity contribution in [2.75, 3.05) is 24.4 Å². The predicted octanol–water partition coefficient (Wildman–Crippen LogP) is 1.53. The van der Waals surface area contributed by atoms with Crippen molar-refractivity contribution in [1.29, 1.82) is 0 Å². The van der Waals surface area contributed by atoms with E-state index in [4.69, 9.17) is 4.74 Å². The molecule has 0 aliphatic carbocycles. The van der Waals surface area contributed by atoms with Crippen LogP contribution in [0.15, 0.2) is 36.5 Å². The third-order valence-corrected chi connectivity index (χ3v) is 4.24. The van der Waals surface area contributed by atoms with Crippen LogP contribution >= 0.6 is 0 Å². The molecule has 0 unspecified atom stereocenters. The minimum atomic E-state index is -3.45. The zero-order chi connectivity index (χ0) is 18.9. The molecular formula is C16H15FN4O4S. The number of amides is 1. The average molecular weight is 378 g/mol. The Morgan fingerprint density at radius 1 is 1.31 bits per heavy atom. The fourth-order valence-corrected chi connectivity index (χ4v) is 2.95. The maximum absolute atomic E-state index is 13.4. The molecule has 1 amide bonds. The Labute approximate surface area is 148 Å². The van der Waals surface area contributed by atoms with Gasteiger partial charge in [0.25, 0.3) is 0 Å². The maximum Gasteiger partial charge on any atom is 0.249 e. The standard InChI is InChI=1S/C16H15FN4O4S/c1-25-13-7-11(17)4-5-12(13)10-3-6-14-18-16(20-21(14)8-10)19-15(22)9-26(2,23)24/h3-8H,9H2,1-2H3,(H,19,20,22). The molecule has 0 saturated carbocycles. The van der Waals surface area contributed by atoms with Crippen LogP contribution in [0.2, 0.25) is 0 Å². The first-order valence-electron chi connectivity index (χ1n) is 7.43. The summed E-state index contributed by atoms with van der Waals surface area (Å²) in [5.74, 6) is -1.43. The zero-order valence-corrected chi connectivity index (χ0v) is 14.7. The van der Waals surface area contributed by atoms with E-state index in [0.717, 1.165) is 6.26 Å².